The van der Waals surface area contributed by atoms with Crippen molar-refractivity contribution >= 4 is 5.91 Å². The molecule has 128 valence electrons. The molecular weight excluding hydrogens is 288 g/mol. The maximum atomic E-state index is 11.9. The highest BCUT2D eigenvalue weighted by atomic mass is 16.3. The van der Waals surface area contributed by atoms with Gasteiger partial charge >= 0.3 is 0 Å². The first-order valence-electron chi connectivity index (χ1n) is 8.82. The second-order valence-electron chi connectivity index (χ2n) is 6.81. The zero-order chi connectivity index (χ0) is 16.7. The number of hydrogen-bond donors (Lipinski definition) is 2. The van der Waals surface area contributed by atoms with Crippen LogP contribution in [0, 0.1) is 5.92 Å². The summed E-state index contributed by atoms with van der Waals surface area (Å²) in [5.41, 5.74) is 2.76. The van der Waals surface area contributed by atoms with E-state index in [1.54, 1.807) is 0 Å². The van der Waals surface area contributed by atoms with Crippen LogP contribution in [0.1, 0.15) is 44.2 Å². The molecule has 0 bridgehead atoms. The van der Waals surface area contributed by atoms with Crippen LogP contribution < -0.4 is 5.32 Å². The van der Waals surface area contributed by atoms with E-state index >= 15 is 0 Å². The third kappa shape index (κ3) is 5.96. The lowest BCUT2D eigenvalue weighted by molar-refractivity contribution is -0.122. The predicted molar refractivity (Wildman–Crippen MR) is 93.1 cm³/mol. The number of hydrogen-bond acceptors (Lipinski definition) is 3. The molecule has 2 unspecified atom stereocenters. The molecule has 0 fully saturated rings. The average molecular weight is 318 g/mol. The van der Waals surface area contributed by atoms with Gasteiger partial charge in [-0.2, -0.15) is 0 Å². The molecule has 1 aliphatic heterocycles. The summed E-state index contributed by atoms with van der Waals surface area (Å²) in [6.07, 6.45) is 3.25. The summed E-state index contributed by atoms with van der Waals surface area (Å²) in [6.45, 7) is 7.04. The highest BCUT2D eigenvalue weighted by Crippen LogP contribution is 2.18. The lowest BCUT2D eigenvalue weighted by Crippen LogP contribution is -2.42. The SMILES string of the molecule is CCCC(C)CC(=O)NCC(O)CN1CCc2ccccc2C1. The van der Waals surface area contributed by atoms with Crippen LogP contribution in [-0.2, 0) is 17.8 Å². The number of carbonyl (C=O) groups excluding carboxylic acids is 1. The summed E-state index contributed by atoms with van der Waals surface area (Å²) >= 11 is 0. The second kappa shape index (κ2) is 9.04. The van der Waals surface area contributed by atoms with E-state index in [1.807, 2.05) is 0 Å². The Morgan fingerprint density at radius 1 is 1.35 bits per heavy atom. The Labute approximate surface area is 139 Å². The third-order valence-corrected chi connectivity index (χ3v) is 4.53. The van der Waals surface area contributed by atoms with E-state index < -0.39 is 6.10 Å². The molecule has 2 rings (SSSR count). The Balaban J connectivity index is 1.69. The molecule has 1 aromatic rings. The molecule has 0 radical (unpaired) electrons. The molecule has 1 aromatic carbocycles. The predicted octanol–water partition coefficient (Wildman–Crippen LogP) is 2.35. The van der Waals surface area contributed by atoms with Crippen LogP contribution in [0.4, 0.5) is 0 Å². The van der Waals surface area contributed by atoms with Gasteiger partial charge in [0.25, 0.3) is 0 Å². The zero-order valence-corrected chi connectivity index (χ0v) is 14.4. The maximum Gasteiger partial charge on any atom is 0.220 e. The van der Waals surface area contributed by atoms with Crippen LogP contribution >= 0.6 is 0 Å². The number of aliphatic hydroxyl groups is 1. The number of aliphatic hydroxyl groups excluding tert-OH is 1. The van der Waals surface area contributed by atoms with Gasteiger partial charge in [0.15, 0.2) is 0 Å². The van der Waals surface area contributed by atoms with E-state index in [0.29, 0.717) is 25.4 Å². The van der Waals surface area contributed by atoms with Crippen molar-refractivity contribution in [2.24, 2.45) is 5.92 Å². The fourth-order valence-electron chi connectivity index (χ4n) is 3.29. The van der Waals surface area contributed by atoms with E-state index in [-0.39, 0.29) is 5.91 Å². The summed E-state index contributed by atoms with van der Waals surface area (Å²) in [4.78, 5) is 14.1. The number of fused-ring (bicyclic) bond motifs is 1. The minimum Gasteiger partial charge on any atom is -0.390 e. The van der Waals surface area contributed by atoms with Crippen molar-refractivity contribution in [1.82, 2.24) is 10.2 Å². The molecule has 1 heterocycles. The highest BCUT2D eigenvalue weighted by molar-refractivity contribution is 5.76. The van der Waals surface area contributed by atoms with E-state index in [9.17, 15) is 9.90 Å². The Kier molecular flexibility index (Phi) is 7.06. The first-order valence-corrected chi connectivity index (χ1v) is 8.82. The van der Waals surface area contributed by atoms with Gasteiger partial charge in [0.1, 0.15) is 0 Å². The van der Waals surface area contributed by atoms with Crippen molar-refractivity contribution in [2.75, 3.05) is 19.6 Å². The monoisotopic (exact) mass is 318 g/mol. The lowest BCUT2D eigenvalue weighted by atomic mass is 10.00. The average Bonchev–Trinajstić information content (AvgIpc) is 2.53. The second-order valence-corrected chi connectivity index (χ2v) is 6.81. The summed E-state index contributed by atoms with van der Waals surface area (Å²) in [5, 5.41) is 13.0. The van der Waals surface area contributed by atoms with Crippen LogP contribution in [0.2, 0.25) is 0 Å². The van der Waals surface area contributed by atoms with E-state index in [2.05, 4.69) is 48.3 Å². The fraction of sp³-hybridized carbons (Fsp3) is 0.632. The van der Waals surface area contributed by atoms with Crippen molar-refractivity contribution in [1.29, 1.82) is 0 Å². The van der Waals surface area contributed by atoms with Gasteiger partial charge in [-0.25, -0.2) is 0 Å². The van der Waals surface area contributed by atoms with Crippen molar-refractivity contribution in [3.8, 4) is 0 Å². The molecule has 1 aliphatic rings. The van der Waals surface area contributed by atoms with Crippen molar-refractivity contribution in [3.05, 3.63) is 35.4 Å². The van der Waals surface area contributed by atoms with Crippen LogP contribution in [-0.4, -0.2) is 41.7 Å². The molecule has 1 amide bonds. The van der Waals surface area contributed by atoms with Gasteiger partial charge in [0, 0.05) is 32.6 Å². The number of rotatable bonds is 8. The number of nitrogens with zero attached hydrogens (tertiary/aromatic N) is 1. The number of benzene rings is 1. The fourth-order valence-corrected chi connectivity index (χ4v) is 3.29. The number of carbonyl (C=O) groups is 1. The molecule has 0 saturated heterocycles. The summed E-state index contributed by atoms with van der Waals surface area (Å²) < 4.78 is 0. The first kappa shape index (κ1) is 18.0. The molecule has 23 heavy (non-hydrogen) atoms. The van der Waals surface area contributed by atoms with E-state index in [4.69, 9.17) is 0 Å². The molecule has 4 nitrogen and oxygen atoms in total. The van der Waals surface area contributed by atoms with Crippen LogP contribution in [0.25, 0.3) is 0 Å². The van der Waals surface area contributed by atoms with Gasteiger partial charge in [-0.3, -0.25) is 9.69 Å². The Hall–Kier alpha value is -1.39. The topological polar surface area (TPSA) is 52.6 Å². The largest absolute Gasteiger partial charge is 0.390 e. The molecule has 2 N–H and O–H groups in total. The minimum atomic E-state index is -0.509. The molecule has 0 aliphatic carbocycles. The van der Waals surface area contributed by atoms with E-state index in [0.717, 1.165) is 32.4 Å². The first-order chi connectivity index (χ1) is 11.1. The van der Waals surface area contributed by atoms with Gasteiger partial charge in [-0.1, -0.05) is 51.0 Å². The third-order valence-electron chi connectivity index (χ3n) is 4.53. The van der Waals surface area contributed by atoms with Gasteiger partial charge in [0.05, 0.1) is 6.10 Å². The molecule has 0 saturated carbocycles. The summed E-state index contributed by atoms with van der Waals surface area (Å²) in [7, 11) is 0. The zero-order valence-electron chi connectivity index (χ0n) is 14.4. The summed E-state index contributed by atoms with van der Waals surface area (Å²) in [5.74, 6) is 0.463. The van der Waals surface area contributed by atoms with Crippen molar-refractivity contribution < 1.29 is 9.90 Å². The van der Waals surface area contributed by atoms with Gasteiger partial charge in [-0.15, -0.1) is 0 Å². The smallest absolute Gasteiger partial charge is 0.220 e. The maximum absolute atomic E-state index is 11.9. The minimum absolute atomic E-state index is 0.0500. The molecule has 0 aromatic heterocycles. The van der Waals surface area contributed by atoms with Crippen LogP contribution in [0.15, 0.2) is 24.3 Å². The Morgan fingerprint density at radius 3 is 2.83 bits per heavy atom. The molecule has 4 heteroatoms. The van der Waals surface area contributed by atoms with Crippen molar-refractivity contribution in [3.63, 3.8) is 0 Å². The Bertz CT molecular complexity index is 504. The quantitative estimate of drug-likeness (QED) is 0.773. The molecular formula is C19H30N2O2. The summed E-state index contributed by atoms with van der Waals surface area (Å²) in [6, 6.07) is 8.49. The van der Waals surface area contributed by atoms with Gasteiger partial charge in [-0.05, 0) is 23.5 Å². The normalized spacial score (nSPS) is 17.3. The van der Waals surface area contributed by atoms with E-state index in [1.165, 1.54) is 11.1 Å². The standard InChI is InChI=1S/C19H30N2O2/c1-3-6-15(2)11-19(23)20-12-18(22)14-21-10-9-16-7-4-5-8-17(16)13-21/h4-5,7-8,15,18,22H,3,6,9-14H2,1-2H3,(H,20,23). The highest BCUT2D eigenvalue weighted by Gasteiger charge is 2.18. The van der Waals surface area contributed by atoms with Crippen LogP contribution in [0.5, 0.6) is 0 Å². The number of nitrogens with one attached hydrogen (secondary N) is 1. The van der Waals surface area contributed by atoms with Gasteiger partial charge < -0.3 is 10.4 Å². The number of amides is 1. The Morgan fingerprint density at radius 2 is 2.09 bits per heavy atom. The lowest BCUT2D eigenvalue weighted by Gasteiger charge is -2.30. The number of β-amino-alcohol motifs (C(OH)–C–C–N with tert-alkyl or cyclic N) is 1. The van der Waals surface area contributed by atoms with Gasteiger partial charge in [0.2, 0.25) is 5.91 Å². The molecule has 0 spiro atoms. The van der Waals surface area contributed by atoms with Crippen molar-refractivity contribution in [2.45, 2.75) is 52.2 Å². The molecule has 2 atom stereocenters. The van der Waals surface area contributed by atoms with Crippen LogP contribution in [0.3, 0.4) is 0 Å².